The van der Waals surface area contributed by atoms with Gasteiger partial charge in [-0.25, -0.2) is 4.39 Å². The lowest BCUT2D eigenvalue weighted by Crippen LogP contribution is -2.14. The molecule has 1 atom stereocenters. The van der Waals surface area contributed by atoms with E-state index in [1.54, 1.807) is 0 Å². The van der Waals surface area contributed by atoms with Crippen LogP contribution in [0.25, 0.3) is 0 Å². The average Bonchev–Trinajstić information content (AvgIpc) is 2.19. The molecule has 0 spiro atoms. The zero-order valence-electron chi connectivity index (χ0n) is 7.93. The van der Waals surface area contributed by atoms with E-state index in [0.717, 1.165) is 0 Å². The summed E-state index contributed by atoms with van der Waals surface area (Å²) in [6.07, 6.45) is 0. The Kier molecular flexibility index (Phi) is 4.17. The molecule has 0 amide bonds. The van der Waals surface area contributed by atoms with Gasteiger partial charge in [0.1, 0.15) is 5.82 Å². The number of hydrogen-bond acceptors (Lipinski definition) is 2. The third-order valence-corrected chi connectivity index (χ3v) is 2.21. The standard InChI is InChI=1S/C10H13ClFNO/c1-7(6-14)5-13-10-4-8(12)2-3-9(10)11/h2-4,7,13-14H,5-6H2,1H3. The Labute approximate surface area is 87.7 Å². The summed E-state index contributed by atoms with van der Waals surface area (Å²) in [4.78, 5) is 0. The van der Waals surface area contributed by atoms with Gasteiger partial charge in [-0.3, -0.25) is 0 Å². The van der Waals surface area contributed by atoms with Crippen molar-refractivity contribution in [3.8, 4) is 0 Å². The summed E-state index contributed by atoms with van der Waals surface area (Å²) in [5.41, 5.74) is 0.562. The zero-order chi connectivity index (χ0) is 10.6. The van der Waals surface area contributed by atoms with Gasteiger partial charge in [-0.15, -0.1) is 0 Å². The van der Waals surface area contributed by atoms with Crippen LogP contribution in [0.1, 0.15) is 6.92 Å². The van der Waals surface area contributed by atoms with E-state index >= 15 is 0 Å². The lowest BCUT2D eigenvalue weighted by atomic mass is 10.2. The summed E-state index contributed by atoms with van der Waals surface area (Å²) >= 11 is 5.83. The summed E-state index contributed by atoms with van der Waals surface area (Å²) in [5.74, 6) is -0.206. The molecule has 2 nitrogen and oxygen atoms in total. The van der Waals surface area contributed by atoms with Gasteiger partial charge < -0.3 is 10.4 Å². The molecule has 0 bridgehead atoms. The van der Waals surface area contributed by atoms with Crippen molar-refractivity contribution in [2.24, 2.45) is 5.92 Å². The molecule has 0 fully saturated rings. The smallest absolute Gasteiger partial charge is 0.125 e. The summed E-state index contributed by atoms with van der Waals surface area (Å²) in [7, 11) is 0. The molecule has 0 aromatic heterocycles. The molecule has 0 aliphatic heterocycles. The fourth-order valence-corrected chi connectivity index (χ4v) is 1.17. The molecule has 0 saturated carbocycles. The second kappa shape index (κ2) is 5.17. The van der Waals surface area contributed by atoms with Crippen LogP contribution in [0.3, 0.4) is 0 Å². The number of nitrogens with one attached hydrogen (secondary N) is 1. The summed E-state index contributed by atoms with van der Waals surface area (Å²) in [6, 6.07) is 4.15. The molecule has 0 saturated heterocycles. The molecular formula is C10H13ClFNO. The molecule has 78 valence electrons. The summed E-state index contributed by atoms with van der Waals surface area (Å²) in [5, 5.41) is 12.2. The number of aliphatic hydroxyl groups excluding tert-OH is 1. The Balaban J connectivity index is 2.62. The second-order valence-corrected chi connectivity index (χ2v) is 3.70. The molecule has 1 unspecified atom stereocenters. The molecule has 1 aromatic carbocycles. The van der Waals surface area contributed by atoms with Crippen molar-refractivity contribution in [2.45, 2.75) is 6.92 Å². The maximum Gasteiger partial charge on any atom is 0.125 e. The number of hydrogen-bond donors (Lipinski definition) is 2. The Morgan fingerprint density at radius 3 is 2.93 bits per heavy atom. The zero-order valence-corrected chi connectivity index (χ0v) is 8.68. The van der Waals surface area contributed by atoms with Crippen LogP contribution in [0, 0.1) is 11.7 Å². The number of halogens is 2. The van der Waals surface area contributed by atoms with Crippen LogP contribution in [-0.2, 0) is 0 Å². The maximum atomic E-state index is 12.8. The summed E-state index contributed by atoms with van der Waals surface area (Å²) in [6.45, 7) is 2.56. The first-order chi connectivity index (χ1) is 6.63. The van der Waals surface area contributed by atoms with Crippen LogP contribution in [-0.4, -0.2) is 18.3 Å². The highest BCUT2D eigenvalue weighted by Crippen LogP contribution is 2.22. The average molecular weight is 218 g/mol. The monoisotopic (exact) mass is 217 g/mol. The van der Waals surface area contributed by atoms with Crippen LogP contribution in [0.2, 0.25) is 5.02 Å². The molecular weight excluding hydrogens is 205 g/mol. The highest BCUT2D eigenvalue weighted by Gasteiger charge is 2.03. The van der Waals surface area contributed by atoms with Crippen LogP contribution >= 0.6 is 11.6 Å². The minimum Gasteiger partial charge on any atom is -0.396 e. The molecule has 4 heteroatoms. The second-order valence-electron chi connectivity index (χ2n) is 3.29. The molecule has 0 radical (unpaired) electrons. The van der Waals surface area contributed by atoms with Crippen molar-refractivity contribution in [1.29, 1.82) is 0 Å². The summed E-state index contributed by atoms with van der Waals surface area (Å²) < 4.78 is 12.8. The van der Waals surface area contributed by atoms with Gasteiger partial charge in [-0.05, 0) is 24.1 Å². The molecule has 0 aliphatic rings. The fraction of sp³-hybridized carbons (Fsp3) is 0.400. The van der Waals surface area contributed by atoms with Crippen LogP contribution in [0.5, 0.6) is 0 Å². The lowest BCUT2D eigenvalue weighted by Gasteiger charge is -2.11. The minimum atomic E-state index is -0.325. The molecule has 0 aliphatic carbocycles. The van der Waals surface area contributed by atoms with Gasteiger partial charge in [0.15, 0.2) is 0 Å². The first kappa shape index (κ1) is 11.3. The van der Waals surface area contributed by atoms with E-state index < -0.39 is 0 Å². The number of benzene rings is 1. The number of rotatable bonds is 4. The SMILES string of the molecule is CC(CO)CNc1cc(F)ccc1Cl. The third kappa shape index (κ3) is 3.16. The van der Waals surface area contributed by atoms with Gasteiger partial charge in [0.25, 0.3) is 0 Å². The van der Waals surface area contributed by atoms with Crippen molar-refractivity contribution in [1.82, 2.24) is 0 Å². The Morgan fingerprint density at radius 1 is 1.57 bits per heavy atom. The lowest BCUT2D eigenvalue weighted by molar-refractivity contribution is 0.244. The van der Waals surface area contributed by atoms with E-state index in [9.17, 15) is 4.39 Å². The quantitative estimate of drug-likeness (QED) is 0.813. The van der Waals surface area contributed by atoms with Gasteiger partial charge in [-0.2, -0.15) is 0 Å². The van der Waals surface area contributed by atoms with Crippen LogP contribution in [0.15, 0.2) is 18.2 Å². The topological polar surface area (TPSA) is 32.3 Å². The Morgan fingerprint density at radius 2 is 2.29 bits per heavy atom. The van der Waals surface area contributed by atoms with Gasteiger partial charge in [0.05, 0.1) is 10.7 Å². The molecule has 14 heavy (non-hydrogen) atoms. The third-order valence-electron chi connectivity index (χ3n) is 1.88. The van der Waals surface area contributed by atoms with E-state index in [2.05, 4.69) is 5.32 Å². The first-order valence-electron chi connectivity index (χ1n) is 4.43. The maximum absolute atomic E-state index is 12.8. The van der Waals surface area contributed by atoms with E-state index in [1.807, 2.05) is 6.92 Å². The van der Waals surface area contributed by atoms with Gasteiger partial charge in [0.2, 0.25) is 0 Å². The molecule has 2 N–H and O–H groups in total. The van der Waals surface area contributed by atoms with E-state index in [0.29, 0.717) is 17.3 Å². The highest BCUT2D eigenvalue weighted by molar-refractivity contribution is 6.33. The Hall–Kier alpha value is -0.800. The van der Waals surface area contributed by atoms with Gasteiger partial charge in [0, 0.05) is 13.2 Å². The van der Waals surface area contributed by atoms with E-state index in [-0.39, 0.29) is 18.3 Å². The normalized spacial score (nSPS) is 12.6. The molecule has 1 rings (SSSR count). The van der Waals surface area contributed by atoms with Crippen molar-refractivity contribution < 1.29 is 9.50 Å². The van der Waals surface area contributed by atoms with Crippen molar-refractivity contribution in [2.75, 3.05) is 18.5 Å². The molecule has 0 heterocycles. The predicted molar refractivity (Wildman–Crippen MR) is 56.1 cm³/mol. The van der Waals surface area contributed by atoms with Crippen molar-refractivity contribution in [3.63, 3.8) is 0 Å². The van der Waals surface area contributed by atoms with E-state index in [4.69, 9.17) is 16.7 Å². The van der Waals surface area contributed by atoms with Crippen LogP contribution in [0.4, 0.5) is 10.1 Å². The minimum absolute atomic E-state index is 0.0972. The van der Waals surface area contributed by atoms with Gasteiger partial charge >= 0.3 is 0 Å². The van der Waals surface area contributed by atoms with Crippen LogP contribution < -0.4 is 5.32 Å². The largest absolute Gasteiger partial charge is 0.396 e. The van der Waals surface area contributed by atoms with E-state index in [1.165, 1.54) is 18.2 Å². The first-order valence-corrected chi connectivity index (χ1v) is 4.81. The predicted octanol–water partition coefficient (Wildman–Crippen LogP) is 2.52. The fourth-order valence-electron chi connectivity index (χ4n) is 0.982. The number of aliphatic hydroxyl groups is 1. The number of anilines is 1. The molecule has 1 aromatic rings. The highest BCUT2D eigenvalue weighted by atomic mass is 35.5. The van der Waals surface area contributed by atoms with Crippen molar-refractivity contribution in [3.05, 3.63) is 29.0 Å². The Bertz CT molecular complexity index is 306. The van der Waals surface area contributed by atoms with Crippen molar-refractivity contribution >= 4 is 17.3 Å². The van der Waals surface area contributed by atoms with Gasteiger partial charge in [-0.1, -0.05) is 18.5 Å².